The number of nitrogens with zero attached hydrogens (tertiary/aromatic N) is 5. The van der Waals surface area contributed by atoms with Gasteiger partial charge in [-0.1, -0.05) is 11.8 Å². The van der Waals surface area contributed by atoms with Crippen molar-refractivity contribution < 1.29 is 5.11 Å². The lowest BCUT2D eigenvalue weighted by molar-refractivity contribution is 0.462. The molecule has 27 heavy (non-hydrogen) atoms. The van der Waals surface area contributed by atoms with E-state index in [-0.39, 0.29) is 29.3 Å². The van der Waals surface area contributed by atoms with E-state index in [2.05, 4.69) is 20.3 Å². The zero-order valence-electron chi connectivity index (χ0n) is 14.5. The number of anilines is 1. The topological polar surface area (TPSA) is 149 Å². The van der Waals surface area contributed by atoms with E-state index in [1.54, 1.807) is 24.0 Å². The van der Waals surface area contributed by atoms with Gasteiger partial charge in [0, 0.05) is 24.7 Å². The second kappa shape index (κ2) is 6.58. The summed E-state index contributed by atoms with van der Waals surface area (Å²) >= 11 is 1.55. The molecular weight excluding hydrogens is 368 g/mol. The van der Waals surface area contributed by atoms with E-state index in [4.69, 9.17) is 11.1 Å². The molecule has 0 radical (unpaired) electrons. The van der Waals surface area contributed by atoms with E-state index in [1.807, 2.05) is 11.9 Å². The van der Waals surface area contributed by atoms with Crippen LogP contribution >= 0.6 is 11.8 Å². The molecule has 2 atom stereocenters. The number of thioether (sulfide) groups is 1. The number of aromatic hydroxyl groups is 1. The van der Waals surface area contributed by atoms with Gasteiger partial charge in [0.25, 0.3) is 5.56 Å². The van der Waals surface area contributed by atoms with Gasteiger partial charge in [-0.3, -0.25) is 14.9 Å². The van der Waals surface area contributed by atoms with Gasteiger partial charge in [0.1, 0.15) is 17.5 Å². The first-order valence-corrected chi connectivity index (χ1v) is 9.11. The van der Waals surface area contributed by atoms with Gasteiger partial charge in [-0.05, 0) is 12.3 Å². The lowest BCUT2D eigenvalue weighted by Gasteiger charge is -2.17. The van der Waals surface area contributed by atoms with Gasteiger partial charge in [0.15, 0.2) is 5.75 Å². The molecule has 2 aromatic heterocycles. The Kier molecular flexibility index (Phi) is 4.22. The molecule has 0 bridgehead atoms. The van der Waals surface area contributed by atoms with E-state index in [9.17, 15) is 9.90 Å². The molecule has 0 spiro atoms. The van der Waals surface area contributed by atoms with Crippen LogP contribution in [0.2, 0.25) is 0 Å². The van der Waals surface area contributed by atoms with Crippen LogP contribution in [0.5, 0.6) is 5.75 Å². The first-order valence-electron chi connectivity index (χ1n) is 8.23. The number of hydrogen-bond donors (Lipinski definition) is 4. The highest BCUT2D eigenvalue weighted by atomic mass is 32.2. The number of H-pyrrole nitrogens is 1. The zero-order valence-corrected chi connectivity index (χ0v) is 15.3. The molecule has 140 valence electrons. The number of nitrogens with one attached hydrogen (secondary N) is 2. The van der Waals surface area contributed by atoms with Crippen LogP contribution in [-0.4, -0.2) is 49.1 Å². The average Bonchev–Trinajstić information content (AvgIpc) is 3.28. The Morgan fingerprint density at radius 2 is 2.37 bits per heavy atom. The molecule has 2 aliphatic rings. The van der Waals surface area contributed by atoms with Gasteiger partial charge in [0.05, 0.1) is 29.2 Å². The maximum Gasteiger partial charge on any atom is 0.291 e. The number of fused-ring (bicyclic) bond motifs is 3. The third kappa shape index (κ3) is 2.89. The first-order chi connectivity index (χ1) is 13.0. The van der Waals surface area contributed by atoms with Crippen molar-refractivity contribution >= 4 is 28.2 Å². The highest BCUT2D eigenvalue weighted by Gasteiger charge is 2.44. The summed E-state index contributed by atoms with van der Waals surface area (Å²) in [4.78, 5) is 19.4. The fraction of sp³-hybridized carbons (Fsp3) is 0.312. The maximum absolute atomic E-state index is 12.9. The van der Waals surface area contributed by atoms with E-state index < -0.39 is 0 Å². The quantitative estimate of drug-likeness (QED) is 0.549. The fourth-order valence-electron chi connectivity index (χ4n) is 3.26. The van der Waals surface area contributed by atoms with Gasteiger partial charge >= 0.3 is 0 Å². The van der Waals surface area contributed by atoms with Gasteiger partial charge in [-0.25, -0.2) is 4.68 Å². The molecule has 4 rings (SSSR count). The Bertz CT molecular complexity index is 1020. The molecule has 2 aliphatic heterocycles. The number of nitrogens with two attached hydrogens (primary N) is 1. The second-order valence-corrected chi connectivity index (χ2v) is 7.49. The number of rotatable bonds is 5. The summed E-state index contributed by atoms with van der Waals surface area (Å²) in [6.45, 7) is 0.0782. The minimum atomic E-state index is -0.247. The SMILES string of the molecule is CN1c2c(cnn(Cc3n[nH]cc3O)c2=O)C2SC(CC(=N)/C=C\N)=NC21. The first kappa shape index (κ1) is 17.3. The Hall–Kier alpha value is -3.08. The van der Waals surface area contributed by atoms with Crippen LogP contribution in [0.4, 0.5) is 5.69 Å². The highest BCUT2D eigenvalue weighted by molar-refractivity contribution is 8.14. The van der Waals surface area contributed by atoms with Crippen molar-refractivity contribution in [3.05, 3.63) is 46.3 Å². The Morgan fingerprint density at radius 3 is 3.07 bits per heavy atom. The predicted molar refractivity (Wildman–Crippen MR) is 103 cm³/mol. The van der Waals surface area contributed by atoms with Crippen LogP contribution in [0, 0.1) is 5.41 Å². The number of hydrogen-bond acceptors (Lipinski definition) is 9. The van der Waals surface area contributed by atoms with Crippen LogP contribution < -0.4 is 16.2 Å². The van der Waals surface area contributed by atoms with E-state index in [0.717, 1.165) is 10.6 Å². The molecule has 10 nitrogen and oxygen atoms in total. The van der Waals surface area contributed by atoms with Crippen molar-refractivity contribution in [2.45, 2.75) is 24.4 Å². The summed E-state index contributed by atoms with van der Waals surface area (Å²) in [5, 5.41) is 29.1. The van der Waals surface area contributed by atoms with Gasteiger partial charge in [-0.15, -0.1) is 0 Å². The van der Waals surface area contributed by atoms with Gasteiger partial charge in [0.2, 0.25) is 0 Å². The lowest BCUT2D eigenvalue weighted by Crippen LogP contribution is -2.32. The molecule has 4 heterocycles. The Morgan fingerprint density at radius 1 is 1.56 bits per heavy atom. The molecule has 0 saturated heterocycles. The molecule has 0 aromatic carbocycles. The summed E-state index contributed by atoms with van der Waals surface area (Å²) in [7, 11) is 1.83. The third-order valence-electron chi connectivity index (χ3n) is 4.55. The van der Waals surface area contributed by atoms with Crippen LogP contribution in [0.15, 0.2) is 34.5 Å². The van der Waals surface area contributed by atoms with Gasteiger partial charge < -0.3 is 21.1 Å². The number of aromatic amines is 1. The van der Waals surface area contributed by atoms with E-state index >= 15 is 0 Å². The fourth-order valence-corrected chi connectivity index (χ4v) is 4.63. The zero-order chi connectivity index (χ0) is 19.1. The molecule has 11 heteroatoms. The number of allylic oxidation sites excluding steroid dienone is 1. The van der Waals surface area contributed by atoms with Gasteiger partial charge in [-0.2, -0.15) is 10.2 Å². The van der Waals surface area contributed by atoms with E-state index in [1.165, 1.54) is 17.1 Å². The summed E-state index contributed by atoms with van der Waals surface area (Å²) < 4.78 is 1.28. The van der Waals surface area contributed by atoms with Crippen LogP contribution in [-0.2, 0) is 6.54 Å². The number of aliphatic imine (C=N–C) groups is 1. The highest BCUT2D eigenvalue weighted by Crippen LogP contribution is 2.49. The van der Waals surface area contributed by atoms with Crippen molar-refractivity contribution in [1.29, 1.82) is 5.41 Å². The van der Waals surface area contributed by atoms with Crippen molar-refractivity contribution in [1.82, 2.24) is 20.0 Å². The summed E-state index contributed by atoms with van der Waals surface area (Å²) in [6, 6.07) is 0. The maximum atomic E-state index is 12.9. The molecule has 0 saturated carbocycles. The number of aromatic nitrogens is 4. The molecule has 0 fully saturated rings. The molecule has 5 N–H and O–H groups in total. The summed E-state index contributed by atoms with van der Waals surface area (Å²) in [5.74, 6) is -0.00630. The van der Waals surface area contributed by atoms with Crippen molar-refractivity contribution in [3.63, 3.8) is 0 Å². The standard InChI is InChI=1S/C16H18N8O2S/c1-23-13-9(14-15(23)21-12(27-14)4-8(18)2-3-17)5-20-24(16(13)26)7-10-11(25)6-19-22-10/h2-3,5-6,14-15,18,25H,4,7,17H2,1H3,(H,19,22)/b3-2-,18-8?. The Labute approximate surface area is 158 Å². The minimum absolute atomic E-state index is 0.00630. The normalized spacial score (nSPS) is 20.8. The molecule has 2 aromatic rings. The smallest absolute Gasteiger partial charge is 0.291 e. The van der Waals surface area contributed by atoms with Crippen LogP contribution in [0.1, 0.15) is 22.9 Å². The van der Waals surface area contributed by atoms with Crippen molar-refractivity contribution in [2.75, 3.05) is 11.9 Å². The van der Waals surface area contributed by atoms with Crippen LogP contribution in [0.25, 0.3) is 0 Å². The van der Waals surface area contributed by atoms with Crippen molar-refractivity contribution in [3.8, 4) is 5.75 Å². The Balaban J connectivity index is 1.61. The number of likely N-dealkylation sites (N-methyl/N-ethyl adjacent to an activating group) is 1. The minimum Gasteiger partial charge on any atom is -0.504 e. The lowest BCUT2D eigenvalue weighted by atomic mass is 10.2. The predicted octanol–water partition coefficient (Wildman–Crippen LogP) is 0.565. The monoisotopic (exact) mass is 386 g/mol. The third-order valence-corrected chi connectivity index (χ3v) is 5.82. The summed E-state index contributed by atoms with van der Waals surface area (Å²) in [6.07, 6.45) is 6.14. The average molecular weight is 386 g/mol. The second-order valence-electron chi connectivity index (χ2n) is 6.28. The summed E-state index contributed by atoms with van der Waals surface area (Å²) in [5.41, 5.74) is 7.21. The molecule has 2 unspecified atom stereocenters. The molecule has 0 aliphatic carbocycles. The van der Waals surface area contributed by atoms with Crippen LogP contribution in [0.3, 0.4) is 0 Å². The largest absolute Gasteiger partial charge is 0.504 e. The van der Waals surface area contributed by atoms with Crippen molar-refractivity contribution in [2.24, 2.45) is 10.7 Å². The molecule has 0 amide bonds. The molecular formula is C16H18N8O2S. The van der Waals surface area contributed by atoms with E-state index in [0.29, 0.717) is 23.5 Å².